The summed E-state index contributed by atoms with van der Waals surface area (Å²) in [7, 11) is 0. The average Bonchev–Trinajstić information content (AvgIpc) is 2.16. The van der Waals surface area contributed by atoms with Gasteiger partial charge in [-0.05, 0) is 38.0 Å². The van der Waals surface area contributed by atoms with E-state index in [0.29, 0.717) is 0 Å². The summed E-state index contributed by atoms with van der Waals surface area (Å²) in [5, 5.41) is 3.48. The third kappa shape index (κ3) is 2.73. The van der Waals surface area contributed by atoms with Crippen molar-refractivity contribution in [3.05, 3.63) is 0 Å². The van der Waals surface area contributed by atoms with Crippen LogP contribution in [0, 0.1) is 11.8 Å². The van der Waals surface area contributed by atoms with Crippen LogP contribution in [0.2, 0.25) is 0 Å². The second-order valence-corrected chi connectivity index (χ2v) is 5.86. The first-order valence-electron chi connectivity index (χ1n) is 6.63. The molecule has 1 saturated carbocycles. The zero-order valence-electron chi connectivity index (χ0n) is 10.5. The van der Waals surface area contributed by atoms with E-state index in [1.807, 2.05) is 0 Å². The van der Waals surface area contributed by atoms with Gasteiger partial charge in [0.2, 0.25) is 0 Å². The Morgan fingerprint density at radius 1 is 1.00 bits per heavy atom. The van der Waals surface area contributed by atoms with Gasteiger partial charge in [0.25, 0.3) is 0 Å². The van der Waals surface area contributed by atoms with E-state index >= 15 is 0 Å². The molecule has 2 aliphatic rings. The van der Waals surface area contributed by atoms with Gasteiger partial charge < -0.3 is 5.32 Å². The number of nitrogens with zero attached hydrogens (tertiary/aromatic N) is 1. The van der Waals surface area contributed by atoms with E-state index in [1.54, 1.807) is 0 Å². The third-order valence-corrected chi connectivity index (χ3v) is 4.18. The maximum absolute atomic E-state index is 3.48. The molecule has 1 aliphatic carbocycles. The van der Waals surface area contributed by atoms with Gasteiger partial charge in [0.1, 0.15) is 0 Å². The molecule has 3 atom stereocenters. The smallest absolute Gasteiger partial charge is 0.0195 e. The molecule has 15 heavy (non-hydrogen) atoms. The molecular weight excluding hydrogens is 184 g/mol. The summed E-state index contributed by atoms with van der Waals surface area (Å²) in [4.78, 5) is 2.75. The van der Waals surface area contributed by atoms with Crippen LogP contribution in [0.5, 0.6) is 0 Å². The summed E-state index contributed by atoms with van der Waals surface area (Å²) in [5.74, 6) is 1.86. The Labute approximate surface area is 94.4 Å². The predicted octanol–water partition coefficient (Wildman–Crippen LogP) is 2.10. The fourth-order valence-corrected chi connectivity index (χ4v) is 3.57. The Kier molecular flexibility index (Phi) is 3.68. The van der Waals surface area contributed by atoms with Crippen LogP contribution in [0.3, 0.4) is 0 Å². The Bertz CT molecular complexity index is 195. The molecular formula is C13H26N2. The van der Waals surface area contributed by atoms with Crippen LogP contribution in [0.1, 0.15) is 40.0 Å². The highest BCUT2D eigenvalue weighted by Gasteiger charge is 2.31. The van der Waals surface area contributed by atoms with Gasteiger partial charge in [-0.1, -0.05) is 13.8 Å². The lowest BCUT2D eigenvalue weighted by molar-refractivity contribution is 0.0616. The highest BCUT2D eigenvalue weighted by molar-refractivity contribution is 4.87. The van der Waals surface area contributed by atoms with E-state index in [1.165, 1.54) is 38.9 Å². The number of piperazine rings is 1. The minimum absolute atomic E-state index is 0.737. The van der Waals surface area contributed by atoms with E-state index in [0.717, 1.165) is 23.9 Å². The normalized spacial score (nSPS) is 44.2. The molecule has 0 spiro atoms. The minimum Gasteiger partial charge on any atom is -0.314 e. The van der Waals surface area contributed by atoms with Crippen LogP contribution in [-0.4, -0.2) is 36.6 Å². The molecule has 2 rings (SSSR count). The van der Waals surface area contributed by atoms with Gasteiger partial charge in [-0.3, -0.25) is 4.90 Å². The van der Waals surface area contributed by atoms with E-state index in [9.17, 15) is 0 Å². The first-order chi connectivity index (χ1) is 7.16. The standard InChI is InChI=1S/C13H26N2/c1-10-6-11(2)8-13(7-10)15-5-4-14-9-12(15)3/h10-14H,4-9H2,1-3H3/t10?,11?,12-,13?/m1/s1. The van der Waals surface area contributed by atoms with Crippen molar-refractivity contribution in [2.75, 3.05) is 19.6 Å². The van der Waals surface area contributed by atoms with Crippen LogP contribution in [-0.2, 0) is 0 Å². The van der Waals surface area contributed by atoms with Gasteiger partial charge in [0.15, 0.2) is 0 Å². The van der Waals surface area contributed by atoms with Gasteiger partial charge in [-0.15, -0.1) is 0 Å². The Balaban J connectivity index is 1.95. The second-order valence-electron chi connectivity index (χ2n) is 5.86. The second kappa shape index (κ2) is 4.84. The summed E-state index contributed by atoms with van der Waals surface area (Å²) < 4.78 is 0. The average molecular weight is 210 g/mol. The Hall–Kier alpha value is -0.0800. The molecule has 2 unspecified atom stereocenters. The highest BCUT2D eigenvalue weighted by atomic mass is 15.2. The van der Waals surface area contributed by atoms with Crippen LogP contribution in [0.15, 0.2) is 0 Å². The van der Waals surface area contributed by atoms with E-state index < -0.39 is 0 Å². The zero-order valence-corrected chi connectivity index (χ0v) is 10.5. The fourth-order valence-electron chi connectivity index (χ4n) is 3.57. The molecule has 2 nitrogen and oxygen atoms in total. The highest BCUT2D eigenvalue weighted by Crippen LogP contribution is 2.32. The van der Waals surface area contributed by atoms with Crippen molar-refractivity contribution in [3.8, 4) is 0 Å². The van der Waals surface area contributed by atoms with Crippen molar-refractivity contribution in [2.24, 2.45) is 11.8 Å². The molecule has 0 amide bonds. The van der Waals surface area contributed by atoms with Crippen molar-refractivity contribution in [1.29, 1.82) is 0 Å². The first kappa shape index (κ1) is 11.4. The SMILES string of the molecule is CC1CC(C)CC(N2CCNC[C@H]2C)C1. The maximum Gasteiger partial charge on any atom is 0.0195 e. The number of hydrogen-bond donors (Lipinski definition) is 1. The van der Waals surface area contributed by atoms with Crippen LogP contribution < -0.4 is 5.32 Å². The van der Waals surface area contributed by atoms with Crippen molar-refractivity contribution in [1.82, 2.24) is 10.2 Å². The van der Waals surface area contributed by atoms with Crippen molar-refractivity contribution >= 4 is 0 Å². The predicted molar refractivity (Wildman–Crippen MR) is 65.0 cm³/mol. The lowest BCUT2D eigenvalue weighted by Crippen LogP contribution is -2.55. The molecule has 0 aromatic heterocycles. The molecule has 2 fully saturated rings. The lowest BCUT2D eigenvalue weighted by Gasteiger charge is -2.44. The summed E-state index contributed by atoms with van der Waals surface area (Å²) >= 11 is 0. The van der Waals surface area contributed by atoms with Gasteiger partial charge in [0.05, 0.1) is 0 Å². The molecule has 2 heteroatoms. The van der Waals surface area contributed by atoms with Crippen molar-refractivity contribution in [2.45, 2.75) is 52.1 Å². The van der Waals surface area contributed by atoms with E-state index in [4.69, 9.17) is 0 Å². The Morgan fingerprint density at radius 2 is 1.67 bits per heavy atom. The number of hydrogen-bond acceptors (Lipinski definition) is 2. The van der Waals surface area contributed by atoms with Gasteiger partial charge in [-0.2, -0.15) is 0 Å². The monoisotopic (exact) mass is 210 g/mol. The molecule has 0 radical (unpaired) electrons. The van der Waals surface area contributed by atoms with Crippen molar-refractivity contribution < 1.29 is 0 Å². The van der Waals surface area contributed by atoms with Crippen LogP contribution in [0.25, 0.3) is 0 Å². The van der Waals surface area contributed by atoms with Gasteiger partial charge in [-0.25, -0.2) is 0 Å². The zero-order chi connectivity index (χ0) is 10.8. The first-order valence-corrected chi connectivity index (χ1v) is 6.63. The Morgan fingerprint density at radius 3 is 2.27 bits per heavy atom. The summed E-state index contributed by atoms with van der Waals surface area (Å²) in [5.41, 5.74) is 0. The summed E-state index contributed by atoms with van der Waals surface area (Å²) in [6, 6.07) is 1.60. The molecule has 1 N–H and O–H groups in total. The summed E-state index contributed by atoms with van der Waals surface area (Å²) in [6.07, 6.45) is 4.29. The molecule has 88 valence electrons. The molecule has 0 aromatic carbocycles. The third-order valence-electron chi connectivity index (χ3n) is 4.18. The largest absolute Gasteiger partial charge is 0.314 e. The quantitative estimate of drug-likeness (QED) is 0.713. The van der Waals surface area contributed by atoms with Gasteiger partial charge in [0, 0.05) is 31.7 Å². The number of nitrogens with one attached hydrogen (secondary N) is 1. The lowest BCUT2D eigenvalue weighted by atomic mass is 9.79. The van der Waals surface area contributed by atoms with E-state index in [-0.39, 0.29) is 0 Å². The summed E-state index contributed by atoms with van der Waals surface area (Å²) in [6.45, 7) is 10.8. The van der Waals surface area contributed by atoms with Crippen LogP contribution >= 0.6 is 0 Å². The topological polar surface area (TPSA) is 15.3 Å². The minimum atomic E-state index is 0.737. The molecule has 1 heterocycles. The van der Waals surface area contributed by atoms with Gasteiger partial charge >= 0.3 is 0 Å². The molecule has 1 saturated heterocycles. The molecule has 0 bridgehead atoms. The molecule has 0 aromatic rings. The molecule has 1 aliphatic heterocycles. The van der Waals surface area contributed by atoms with E-state index in [2.05, 4.69) is 31.0 Å². The van der Waals surface area contributed by atoms with Crippen molar-refractivity contribution in [3.63, 3.8) is 0 Å². The maximum atomic E-state index is 3.48. The number of rotatable bonds is 1. The van der Waals surface area contributed by atoms with Crippen LogP contribution in [0.4, 0.5) is 0 Å². The fraction of sp³-hybridized carbons (Fsp3) is 1.00.